The molecular weight excluding hydrogens is 331 g/mol. The van der Waals surface area contributed by atoms with Crippen molar-refractivity contribution in [3.05, 3.63) is 48.7 Å². The van der Waals surface area contributed by atoms with Gasteiger partial charge in [0.15, 0.2) is 0 Å². The second-order valence-electron chi connectivity index (χ2n) is 5.78. The number of hydrogen-bond acceptors (Lipinski definition) is 5. The van der Waals surface area contributed by atoms with Crippen LogP contribution in [0.2, 0.25) is 0 Å². The smallest absolute Gasteiger partial charge is 0.243 e. The Morgan fingerprint density at radius 2 is 1.96 bits per heavy atom. The zero-order chi connectivity index (χ0) is 17.0. The van der Waals surface area contributed by atoms with Crippen molar-refractivity contribution in [1.29, 1.82) is 0 Å². The number of anilines is 1. The van der Waals surface area contributed by atoms with Gasteiger partial charge in [-0.3, -0.25) is 4.98 Å². The van der Waals surface area contributed by atoms with Gasteiger partial charge in [0.25, 0.3) is 0 Å². The number of nitrogens with zero attached hydrogens (tertiary/aromatic N) is 3. The second-order valence-corrected chi connectivity index (χ2v) is 7.51. The van der Waals surface area contributed by atoms with E-state index in [0.717, 1.165) is 37.8 Å². The van der Waals surface area contributed by atoms with Crippen LogP contribution in [0.3, 0.4) is 0 Å². The summed E-state index contributed by atoms with van der Waals surface area (Å²) in [6.45, 7) is 1.90. The fourth-order valence-electron chi connectivity index (χ4n) is 2.79. The average Bonchev–Trinajstić information content (AvgIpc) is 2.61. The second kappa shape index (κ2) is 7.23. The van der Waals surface area contributed by atoms with E-state index in [9.17, 15) is 12.8 Å². The van der Waals surface area contributed by atoms with Crippen LogP contribution in [-0.4, -0.2) is 38.0 Å². The minimum absolute atomic E-state index is 0.222. The zero-order valence-electron chi connectivity index (χ0n) is 13.1. The highest BCUT2D eigenvalue weighted by Crippen LogP contribution is 2.21. The lowest BCUT2D eigenvalue weighted by molar-refractivity contribution is 0.400. The number of nitrogens with one attached hydrogen (secondary N) is 1. The van der Waals surface area contributed by atoms with E-state index in [0.29, 0.717) is 6.54 Å². The van der Waals surface area contributed by atoms with Crippen molar-refractivity contribution in [2.24, 2.45) is 5.92 Å². The molecule has 1 aliphatic rings. The van der Waals surface area contributed by atoms with E-state index in [-0.39, 0.29) is 10.8 Å². The summed E-state index contributed by atoms with van der Waals surface area (Å²) < 4.78 is 40.6. The van der Waals surface area contributed by atoms with Crippen LogP contribution in [-0.2, 0) is 10.0 Å². The van der Waals surface area contributed by atoms with Crippen molar-refractivity contribution in [2.75, 3.05) is 24.5 Å². The first-order valence-corrected chi connectivity index (χ1v) is 9.30. The molecule has 0 amide bonds. The minimum atomic E-state index is -3.82. The molecule has 0 atom stereocenters. The molecule has 2 aromatic rings. The largest absolute Gasteiger partial charge is 0.355 e. The number of halogens is 1. The van der Waals surface area contributed by atoms with Crippen LogP contribution in [0.4, 0.5) is 10.2 Å². The molecule has 128 valence electrons. The SMILES string of the molecule is O=S(=O)(NCC1CCN(c2cnccn2)CC1)c1ccccc1F. The molecule has 0 saturated carbocycles. The van der Waals surface area contributed by atoms with Gasteiger partial charge in [0.05, 0.1) is 6.20 Å². The van der Waals surface area contributed by atoms with E-state index in [2.05, 4.69) is 19.6 Å². The van der Waals surface area contributed by atoms with Crippen LogP contribution < -0.4 is 9.62 Å². The molecule has 0 spiro atoms. The first-order chi connectivity index (χ1) is 11.6. The average molecular weight is 350 g/mol. The van der Waals surface area contributed by atoms with E-state index in [1.165, 1.54) is 18.2 Å². The molecular formula is C16H19FN4O2S. The van der Waals surface area contributed by atoms with E-state index in [4.69, 9.17) is 0 Å². The van der Waals surface area contributed by atoms with Crippen LogP contribution in [0.25, 0.3) is 0 Å². The third-order valence-electron chi connectivity index (χ3n) is 4.18. The van der Waals surface area contributed by atoms with Gasteiger partial charge in [-0.25, -0.2) is 22.5 Å². The van der Waals surface area contributed by atoms with Gasteiger partial charge in [0.2, 0.25) is 10.0 Å². The third kappa shape index (κ3) is 3.88. The lowest BCUT2D eigenvalue weighted by Gasteiger charge is -2.32. The van der Waals surface area contributed by atoms with Crippen molar-refractivity contribution in [1.82, 2.24) is 14.7 Å². The number of sulfonamides is 1. The molecule has 1 aromatic heterocycles. The summed E-state index contributed by atoms with van der Waals surface area (Å²) in [5.41, 5.74) is 0. The Hall–Kier alpha value is -2.06. The Balaban J connectivity index is 1.54. The predicted molar refractivity (Wildman–Crippen MR) is 88.6 cm³/mol. The van der Waals surface area contributed by atoms with Gasteiger partial charge in [0, 0.05) is 32.0 Å². The summed E-state index contributed by atoms with van der Waals surface area (Å²) in [7, 11) is -3.82. The van der Waals surface area contributed by atoms with Crippen molar-refractivity contribution in [2.45, 2.75) is 17.7 Å². The highest BCUT2D eigenvalue weighted by molar-refractivity contribution is 7.89. The molecule has 1 aromatic carbocycles. The monoisotopic (exact) mass is 350 g/mol. The highest BCUT2D eigenvalue weighted by atomic mass is 32.2. The summed E-state index contributed by atoms with van der Waals surface area (Å²) in [6.07, 6.45) is 6.70. The molecule has 0 aliphatic carbocycles. The molecule has 6 nitrogen and oxygen atoms in total. The van der Waals surface area contributed by atoms with Crippen molar-refractivity contribution in [3.8, 4) is 0 Å². The van der Waals surface area contributed by atoms with Crippen molar-refractivity contribution in [3.63, 3.8) is 0 Å². The first-order valence-electron chi connectivity index (χ1n) is 7.81. The maximum atomic E-state index is 13.7. The van der Waals surface area contributed by atoms with E-state index in [1.807, 2.05) is 0 Å². The molecule has 3 rings (SSSR count). The molecule has 1 N–H and O–H groups in total. The molecule has 8 heteroatoms. The quantitative estimate of drug-likeness (QED) is 0.890. The number of aromatic nitrogens is 2. The van der Waals surface area contributed by atoms with Crippen LogP contribution >= 0.6 is 0 Å². The van der Waals surface area contributed by atoms with Gasteiger partial charge in [-0.1, -0.05) is 12.1 Å². The Bertz CT molecular complexity index is 778. The molecule has 1 aliphatic heterocycles. The number of rotatable bonds is 5. The summed E-state index contributed by atoms with van der Waals surface area (Å²) >= 11 is 0. The Labute approximate surface area is 140 Å². The summed E-state index contributed by atoms with van der Waals surface area (Å²) in [6, 6.07) is 5.40. The predicted octanol–water partition coefficient (Wildman–Crippen LogP) is 1.81. The van der Waals surface area contributed by atoms with Gasteiger partial charge in [0.1, 0.15) is 16.5 Å². The van der Waals surface area contributed by atoms with Crippen LogP contribution in [0.5, 0.6) is 0 Å². The lowest BCUT2D eigenvalue weighted by atomic mass is 9.97. The van der Waals surface area contributed by atoms with Crippen molar-refractivity contribution < 1.29 is 12.8 Å². The molecule has 0 radical (unpaired) electrons. The summed E-state index contributed by atoms with van der Waals surface area (Å²) in [5, 5.41) is 0. The van der Waals surface area contributed by atoms with Crippen LogP contribution in [0.1, 0.15) is 12.8 Å². The van der Waals surface area contributed by atoms with Crippen LogP contribution in [0.15, 0.2) is 47.8 Å². The summed E-state index contributed by atoms with van der Waals surface area (Å²) in [4.78, 5) is 10.2. The van der Waals surface area contributed by atoms with Gasteiger partial charge < -0.3 is 4.90 Å². The highest BCUT2D eigenvalue weighted by Gasteiger charge is 2.24. The maximum absolute atomic E-state index is 13.7. The molecule has 1 saturated heterocycles. The third-order valence-corrected chi connectivity index (χ3v) is 5.63. The Morgan fingerprint density at radius 1 is 1.21 bits per heavy atom. The Kier molecular flexibility index (Phi) is 5.06. The molecule has 1 fully saturated rings. The summed E-state index contributed by atoms with van der Waals surface area (Å²) in [5.74, 6) is 0.324. The van der Waals surface area contributed by atoms with Gasteiger partial charge in [-0.2, -0.15) is 0 Å². The first kappa shape index (κ1) is 16.8. The van der Waals surface area contributed by atoms with Gasteiger partial charge in [-0.05, 0) is 30.9 Å². The van der Waals surface area contributed by atoms with Crippen LogP contribution in [0, 0.1) is 11.7 Å². The lowest BCUT2D eigenvalue weighted by Crippen LogP contribution is -2.39. The van der Waals surface area contributed by atoms with E-state index in [1.54, 1.807) is 18.6 Å². The Morgan fingerprint density at radius 3 is 2.62 bits per heavy atom. The standard InChI is InChI=1S/C16H19FN4O2S/c17-14-3-1-2-4-15(14)24(22,23)20-11-13-5-9-21(10-6-13)16-12-18-7-8-19-16/h1-4,7-8,12-13,20H,5-6,9-11H2. The topological polar surface area (TPSA) is 75.2 Å². The zero-order valence-corrected chi connectivity index (χ0v) is 13.9. The maximum Gasteiger partial charge on any atom is 0.243 e. The fourth-order valence-corrected chi connectivity index (χ4v) is 3.98. The molecule has 0 bridgehead atoms. The molecule has 2 heterocycles. The van der Waals surface area contributed by atoms with Gasteiger partial charge in [-0.15, -0.1) is 0 Å². The molecule has 24 heavy (non-hydrogen) atoms. The fraction of sp³-hybridized carbons (Fsp3) is 0.375. The van der Waals surface area contributed by atoms with E-state index >= 15 is 0 Å². The van der Waals surface area contributed by atoms with Crippen molar-refractivity contribution >= 4 is 15.8 Å². The normalized spacial score (nSPS) is 16.3. The number of hydrogen-bond donors (Lipinski definition) is 1. The van der Waals surface area contributed by atoms with E-state index < -0.39 is 15.8 Å². The number of piperidine rings is 1. The molecule has 0 unspecified atom stereocenters. The van der Waals surface area contributed by atoms with Gasteiger partial charge >= 0.3 is 0 Å². The number of benzene rings is 1. The minimum Gasteiger partial charge on any atom is -0.355 e.